The van der Waals surface area contributed by atoms with Crippen LogP contribution in [0.15, 0.2) is 0 Å². The number of carboxylic acid groups (broad SMARTS) is 2. The topological polar surface area (TPSA) is 171 Å². The third-order valence-corrected chi connectivity index (χ3v) is 10.6. The lowest BCUT2D eigenvalue weighted by molar-refractivity contribution is -0.143. The van der Waals surface area contributed by atoms with Gasteiger partial charge in [-0.15, -0.1) is 12.4 Å². The van der Waals surface area contributed by atoms with E-state index in [1.807, 2.05) is 13.8 Å². The first kappa shape index (κ1) is 70.6. The molecule has 0 aliphatic carbocycles. The lowest BCUT2D eigenvalue weighted by Gasteiger charge is -2.08. The molecule has 0 aliphatic rings. The smallest absolute Gasteiger partial charge is 0.306 e. The molecule has 11 heteroatoms. The Balaban J connectivity index is -0.000000179. The van der Waals surface area contributed by atoms with Crippen LogP contribution in [0.4, 0.5) is 0 Å². The second-order valence-electron chi connectivity index (χ2n) is 16.1. The Morgan fingerprint density at radius 1 is 0.367 bits per heavy atom. The van der Waals surface area contributed by atoms with E-state index in [1.165, 1.54) is 167 Å². The van der Waals surface area contributed by atoms with Crippen LogP contribution in [0.2, 0.25) is 0 Å². The van der Waals surface area contributed by atoms with Crippen molar-refractivity contribution in [1.82, 2.24) is 16.0 Å². The molecule has 60 heavy (non-hydrogen) atoms. The summed E-state index contributed by atoms with van der Waals surface area (Å²) < 4.78 is 0. The zero-order chi connectivity index (χ0) is 45.3. The number of hydrogen-bond donors (Lipinski definition) is 8. The van der Waals surface area contributed by atoms with Gasteiger partial charge in [-0.2, -0.15) is 0 Å². The van der Waals surface area contributed by atoms with E-state index in [0.29, 0.717) is 19.6 Å². The molecule has 0 radical (unpaired) electrons. The molecular formula is C49H108ClN3O7. The van der Waals surface area contributed by atoms with Gasteiger partial charge in [-0.05, 0) is 46.8 Å². The van der Waals surface area contributed by atoms with E-state index in [9.17, 15) is 9.59 Å². The number of halogens is 1. The number of carbonyl (C=O) groups is 2. The van der Waals surface area contributed by atoms with Crippen LogP contribution >= 0.6 is 12.4 Å². The second-order valence-corrected chi connectivity index (χ2v) is 16.1. The predicted molar refractivity (Wildman–Crippen MR) is 263 cm³/mol. The van der Waals surface area contributed by atoms with Crippen LogP contribution in [0.25, 0.3) is 0 Å². The normalized spacial score (nSPS) is 11.2. The van der Waals surface area contributed by atoms with Crippen molar-refractivity contribution in [2.45, 2.75) is 233 Å². The average molecular weight is 887 g/mol. The monoisotopic (exact) mass is 886 g/mol. The van der Waals surface area contributed by atoms with Gasteiger partial charge < -0.3 is 41.5 Å². The Morgan fingerprint density at radius 2 is 0.550 bits per heavy atom. The first-order valence-corrected chi connectivity index (χ1v) is 24.9. The third-order valence-electron chi connectivity index (χ3n) is 10.6. The van der Waals surface area contributed by atoms with E-state index < -0.39 is 11.9 Å². The summed E-state index contributed by atoms with van der Waals surface area (Å²) in [5.41, 5.74) is 0. The van der Waals surface area contributed by atoms with E-state index in [2.05, 4.69) is 29.8 Å². The number of rotatable bonds is 40. The lowest BCUT2D eigenvalue weighted by Crippen LogP contribution is -2.12. The number of aliphatic hydroxyl groups is 3. The molecule has 0 aromatic carbocycles. The minimum atomic E-state index is -0.614. The maximum Gasteiger partial charge on any atom is 0.306 e. The number of aliphatic hydroxyl groups excluding tert-OH is 3. The summed E-state index contributed by atoms with van der Waals surface area (Å²) >= 11 is 0. The van der Waals surface area contributed by atoms with Crippen LogP contribution in [0.1, 0.15) is 233 Å². The minimum absolute atomic E-state index is 0. The van der Waals surface area contributed by atoms with Crippen LogP contribution in [0.5, 0.6) is 0 Å². The van der Waals surface area contributed by atoms with Gasteiger partial charge >= 0.3 is 11.9 Å². The molecule has 0 fully saturated rings. The molecular weight excluding hydrogens is 778 g/mol. The highest BCUT2D eigenvalue weighted by Crippen LogP contribution is 2.18. The summed E-state index contributed by atoms with van der Waals surface area (Å²) in [6.07, 6.45) is 41.2. The second kappa shape index (κ2) is 69.7. The maximum absolute atomic E-state index is 10.9. The van der Waals surface area contributed by atoms with E-state index >= 15 is 0 Å². The summed E-state index contributed by atoms with van der Waals surface area (Å²) in [5.74, 6) is -1.45. The Morgan fingerprint density at radius 3 is 0.667 bits per heavy atom. The highest BCUT2D eigenvalue weighted by molar-refractivity contribution is 5.85. The quantitative estimate of drug-likeness (QED) is 0.0277. The number of aliphatic carboxylic acids is 2. The Hall–Kier alpha value is -1.01. The standard InChI is InChI=1S/2C20H40O2.3C3H9NO.ClH/c2*1-3-5-6-7-8-9-10-11-12-13-14-15-16-17-18-19(4-2)20(21)22;3*1-4-2-3-5;/h2*19H,3-18H2,1-2H3,(H,21,22);3*4-5H,2-3H2,1H3;1H. The maximum atomic E-state index is 10.9. The van der Waals surface area contributed by atoms with E-state index in [-0.39, 0.29) is 44.1 Å². The minimum Gasteiger partial charge on any atom is -0.481 e. The van der Waals surface area contributed by atoms with Gasteiger partial charge in [0.2, 0.25) is 0 Å². The van der Waals surface area contributed by atoms with E-state index in [4.69, 9.17) is 25.5 Å². The molecule has 0 aromatic heterocycles. The lowest BCUT2D eigenvalue weighted by atomic mass is 9.98. The van der Waals surface area contributed by atoms with Crippen molar-refractivity contribution in [1.29, 1.82) is 0 Å². The van der Waals surface area contributed by atoms with Gasteiger partial charge in [0.15, 0.2) is 0 Å². The fourth-order valence-electron chi connectivity index (χ4n) is 6.51. The first-order valence-electron chi connectivity index (χ1n) is 24.9. The average Bonchev–Trinajstić information content (AvgIpc) is 3.22. The molecule has 0 heterocycles. The highest BCUT2D eigenvalue weighted by Gasteiger charge is 2.14. The van der Waals surface area contributed by atoms with Gasteiger partial charge in [-0.25, -0.2) is 0 Å². The number of likely N-dealkylation sites (N-methyl/N-ethyl adjacent to an activating group) is 3. The molecule has 0 aliphatic heterocycles. The molecule has 2 unspecified atom stereocenters. The third kappa shape index (κ3) is 74.4. The van der Waals surface area contributed by atoms with Crippen molar-refractivity contribution in [3.63, 3.8) is 0 Å². The van der Waals surface area contributed by atoms with Gasteiger partial charge in [0.25, 0.3) is 0 Å². The van der Waals surface area contributed by atoms with Crippen molar-refractivity contribution in [2.75, 3.05) is 60.6 Å². The molecule has 2 atom stereocenters. The molecule has 8 N–H and O–H groups in total. The van der Waals surface area contributed by atoms with Crippen molar-refractivity contribution < 1.29 is 35.1 Å². The van der Waals surface area contributed by atoms with Gasteiger partial charge in [-0.1, -0.05) is 207 Å². The zero-order valence-electron chi connectivity index (χ0n) is 41.0. The first-order chi connectivity index (χ1) is 28.7. The summed E-state index contributed by atoms with van der Waals surface area (Å²) in [7, 11) is 5.41. The van der Waals surface area contributed by atoms with Crippen molar-refractivity contribution >= 4 is 24.3 Å². The number of nitrogens with one attached hydrogen (secondary N) is 3. The largest absolute Gasteiger partial charge is 0.481 e. The van der Waals surface area contributed by atoms with Crippen LogP contribution in [-0.2, 0) is 9.59 Å². The summed E-state index contributed by atoms with van der Waals surface area (Å²) in [5, 5.41) is 50.3. The fourth-order valence-corrected chi connectivity index (χ4v) is 6.51. The SMILES string of the molecule is CCCCCCCCCCCCCCCCC(CC)C(=O)O.CCCCCCCCCCCCCCCCC(CC)C(=O)O.CNCCO.CNCCO.CNCCO.Cl. The van der Waals surface area contributed by atoms with Crippen LogP contribution < -0.4 is 16.0 Å². The summed E-state index contributed by atoms with van der Waals surface area (Å²) in [4.78, 5) is 21.8. The van der Waals surface area contributed by atoms with Gasteiger partial charge in [-0.3, -0.25) is 9.59 Å². The van der Waals surface area contributed by atoms with Crippen LogP contribution in [0.3, 0.4) is 0 Å². The molecule has 0 saturated carbocycles. The summed E-state index contributed by atoms with van der Waals surface area (Å²) in [6, 6.07) is 0. The van der Waals surface area contributed by atoms with Crippen LogP contribution in [0, 0.1) is 11.8 Å². The highest BCUT2D eigenvalue weighted by atomic mass is 35.5. The van der Waals surface area contributed by atoms with Crippen molar-refractivity contribution in [3.8, 4) is 0 Å². The number of unbranched alkanes of at least 4 members (excludes halogenated alkanes) is 26. The molecule has 10 nitrogen and oxygen atoms in total. The van der Waals surface area contributed by atoms with E-state index in [1.54, 1.807) is 21.1 Å². The van der Waals surface area contributed by atoms with Crippen LogP contribution in [-0.4, -0.2) is 98.1 Å². The molecule has 0 spiro atoms. The van der Waals surface area contributed by atoms with Gasteiger partial charge in [0.05, 0.1) is 31.7 Å². The number of carboxylic acids is 2. The fraction of sp³-hybridized carbons (Fsp3) is 0.959. The molecule has 368 valence electrons. The number of hydrogen-bond acceptors (Lipinski definition) is 8. The Labute approximate surface area is 379 Å². The molecule has 0 bridgehead atoms. The van der Waals surface area contributed by atoms with Crippen molar-refractivity contribution in [3.05, 3.63) is 0 Å². The molecule has 0 rings (SSSR count). The zero-order valence-corrected chi connectivity index (χ0v) is 41.8. The molecule has 0 aromatic rings. The molecule has 0 amide bonds. The Kier molecular flexibility index (Phi) is 82.0. The van der Waals surface area contributed by atoms with E-state index in [0.717, 1.165) is 38.5 Å². The summed E-state index contributed by atoms with van der Waals surface area (Å²) in [6.45, 7) is 11.3. The van der Waals surface area contributed by atoms with Crippen molar-refractivity contribution in [2.24, 2.45) is 11.8 Å². The van der Waals surface area contributed by atoms with Gasteiger partial charge in [0.1, 0.15) is 0 Å². The van der Waals surface area contributed by atoms with Gasteiger partial charge in [0, 0.05) is 19.6 Å². The molecule has 0 saturated heterocycles. The predicted octanol–water partition coefficient (Wildman–Crippen LogP) is 12.0. The Bertz CT molecular complexity index is 671.